The van der Waals surface area contributed by atoms with Gasteiger partial charge in [0.2, 0.25) is 0 Å². The number of aromatic nitrogens is 2. The maximum atomic E-state index is 5.81. The topological polar surface area (TPSA) is 47.1 Å². The summed E-state index contributed by atoms with van der Waals surface area (Å²) in [6, 6.07) is 12.8. The first-order valence-corrected chi connectivity index (χ1v) is 6.91. The largest absolute Gasteiger partial charge is 0.329 e. The Kier molecular flexibility index (Phi) is 3.62. The van der Waals surface area contributed by atoms with Crippen molar-refractivity contribution in [3.63, 3.8) is 0 Å². The van der Waals surface area contributed by atoms with E-state index >= 15 is 0 Å². The average Bonchev–Trinajstić information content (AvgIpc) is 3.09. The molecular formula is C15H20N4. The van der Waals surface area contributed by atoms with Crippen molar-refractivity contribution in [1.29, 1.82) is 0 Å². The SMILES string of the molecule is NCC1CCCN1Cc1ccn(-c2ccccc2)n1. The Bertz CT molecular complexity index is 520. The van der Waals surface area contributed by atoms with Crippen molar-refractivity contribution in [2.24, 2.45) is 5.73 Å². The van der Waals surface area contributed by atoms with Gasteiger partial charge in [0.05, 0.1) is 11.4 Å². The van der Waals surface area contributed by atoms with Crippen LogP contribution in [0, 0.1) is 0 Å². The molecule has 1 aromatic carbocycles. The van der Waals surface area contributed by atoms with E-state index in [2.05, 4.69) is 28.2 Å². The molecule has 1 aliphatic heterocycles. The van der Waals surface area contributed by atoms with Crippen LogP contribution in [0.5, 0.6) is 0 Å². The molecule has 1 fully saturated rings. The maximum Gasteiger partial charge on any atom is 0.0769 e. The molecule has 1 aromatic heterocycles. The summed E-state index contributed by atoms with van der Waals surface area (Å²) in [5.74, 6) is 0. The van der Waals surface area contributed by atoms with E-state index < -0.39 is 0 Å². The van der Waals surface area contributed by atoms with E-state index in [0.29, 0.717) is 6.04 Å². The highest BCUT2D eigenvalue weighted by Crippen LogP contribution is 2.18. The van der Waals surface area contributed by atoms with Crippen LogP contribution in [0.3, 0.4) is 0 Å². The molecule has 0 spiro atoms. The molecule has 3 rings (SSSR count). The van der Waals surface area contributed by atoms with E-state index in [-0.39, 0.29) is 0 Å². The Morgan fingerprint density at radius 3 is 2.84 bits per heavy atom. The van der Waals surface area contributed by atoms with Crippen molar-refractivity contribution in [1.82, 2.24) is 14.7 Å². The Balaban J connectivity index is 1.72. The molecule has 2 heterocycles. The van der Waals surface area contributed by atoms with Crippen LogP contribution < -0.4 is 5.73 Å². The van der Waals surface area contributed by atoms with Crippen molar-refractivity contribution in [3.05, 3.63) is 48.3 Å². The number of para-hydroxylation sites is 1. The zero-order chi connectivity index (χ0) is 13.1. The molecule has 2 N–H and O–H groups in total. The normalized spacial score (nSPS) is 19.9. The zero-order valence-corrected chi connectivity index (χ0v) is 11.1. The molecule has 0 amide bonds. The van der Waals surface area contributed by atoms with Crippen molar-refractivity contribution >= 4 is 0 Å². The van der Waals surface area contributed by atoms with Gasteiger partial charge in [-0.05, 0) is 37.6 Å². The van der Waals surface area contributed by atoms with Crippen molar-refractivity contribution < 1.29 is 0 Å². The molecule has 0 aliphatic carbocycles. The lowest BCUT2D eigenvalue weighted by Gasteiger charge is -2.21. The van der Waals surface area contributed by atoms with Gasteiger partial charge in [-0.1, -0.05) is 18.2 Å². The molecule has 100 valence electrons. The van der Waals surface area contributed by atoms with Gasteiger partial charge in [-0.15, -0.1) is 0 Å². The quantitative estimate of drug-likeness (QED) is 0.907. The number of rotatable bonds is 4. The van der Waals surface area contributed by atoms with Gasteiger partial charge in [0, 0.05) is 25.3 Å². The fraction of sp³-hybridized carbons (Fsp3) is 0.400. The minimum absolute atomic E-state index is 0.530. The number of nitrogens with zero attached hydrogens (tertiary/aromatic N) is 3. The lowest BCUT2D eigenvalue weighted by molar-refractivity contribution is 0.247. The minimum atomic E-state index is 0.530. The fourth-order valence-electron chi connectivity index (χ4n) is 2.75. The molecule has 1 atom stereocenters. The maximum absolute atomic E-state index is 5.81. The van der Waals surface area contributed by atoms with Gasteiger partial charge in [-0.3, -0.25) is 4.90 Å². The summed E-state index contributed by atoms with van der Waals surface area (Å²) in [7, 11) is 0. The summed E-state index contributed by atoms with van der Waals surface area (Å²) in [5.41, 5.74) is 8.02. The molecule has 19 heavy (non-hydrogen) atoms. The van der Waals surface area contributed by atoms with Gasteiger partial charge < -0.3 is 5.73 Å². The minimum Gasteiger partial charge on any atom is -0.329 e. The van der Waals surface area contributed by atoms with Crippen LogP contribution in [0.15, 0.2) is 42.6 Å². The molecule has 4 nitrogen and oxygen atoms in total. The van der Waals surface area contributed by atoms with E-state index in [9.17, 15) is 0 Å². The Labute approximate surface area is 113 Å². The summed E-state index contributed by atoms with van der Waals surface area (Å²) in [5, 5.41) is 4.65. The van der Waals surface area contributed by atoms with Gasteiger partial charge >= 0.3 is 0 Å². The van der Waals surface area contributed by atoms with Gasteiger partial charge in [-0.25, -0.2) is 4.68 Å². The monoisotopic (exact) mass is 256 g/mol. The highest BCUT2D eigenvalue weighted by atomic mass is 15.3. The Hall–Kier alpha value is -1.65. The second kappa shape index (κ2) is 5.55. The fourth-order valence-corrected chi connectivity index (χ4v) is 2.75. The van der Waals surface area contributed by atoms with Gasteiger partial charge in [0.1, 0.15) is 0 Å². The Morgan fingerprint density at radius 1 is 1.21 bits per heavy atom. The molecule has 4 heteroatoms. The second-order valence-corrected chi connectivity index (χ2v) is 5.09. The van der Waals surface area contributed by atoms with Gasteiger partial charge in [0.25, 0.3) is 0 Å². The smallest absolute Gasteiger partial charge is 0.0769 e. The predicted molar refractivity (Wildman–Crippen MR) is 76.1 cm³/mol. The predicted octanol–water partition coefficient (Wildman–Crippen LogP) is 1.80. The highest BCUT2D eigenvalue weighted by Gasteiger charge is 2.23. The van der Waals surface area contributed by atoms with Crippen LogP contribution in [-0.4, -0.2) is 33.8 Å². The second-order valence-electron chi connectivity index (χ2n) is 5.09. The van der Waals surface area contributed by atoms with Crippen molar-refractivity contribution in [3.8, 4) is 5.69 Å². The van der Waals surface area contributed by atoms with E-state index in [1.807, 2.05) is 29.1 Å². The van der Waals surface area contributed by atoms with Crippen LogP contribution in [0.2, 0.25) is 0 Å². The third kappa shape index (κ3) is 2.69. The van der Waals surface area contributed by atoms with Crippen LogP contribution >= 0.6 is 0 Å². The molecule has 0 bridgehead atoms. The standard InChI is InChI=1S/C15H20N4/c16-11-15-7-4-9-18(15)12-13-8-10-19(17-13)14-5-2-1-3-6-14/h1-3,5-6,8,10,15H,4,7,9,11-12,16H2. The van der Waals surface area contributed by atoms with E-state index in [4.69, 9.17) is 5.73 Å². The summed E-state index contributed by atoms with van der Waals surface area (Å²) >= 11 is 0. The third-order valence-electron chi connectivity index (χ3n) is 3.80. The zero-order valence-electron chi connectivity index (χ0n) is 11.1. The number of likely N-dealkylation sites (tertiary alicyclic amines) is 1. The first kappa shape index (κ1) is 12.4. The molecule has 1 aliphatic rings. The summed E-state index contributed by atoms with van der Waals surface area (Å²) in [4.78, 5) is 2.44. The summed E-state index contributed by atoms with van der Waals surface area (Å²) in [6.07, 6.45) is 4.50. The molecular weight excluding hydrogens is 236 g/mol. The summed E-state index contributed by atoms with van der Waals surface area (Å²) < 4.78 is 1.93. The molecule has 1 unspecified atom stereocenters. The van der Waals surface area contributed by atoms with Crippen LogP contribution in [0.25, 0.3) is 5.69 Å². The average molecular weight is 256 g/mol. The Morgan fingerprint density at radius 2 is 2.05 bits per heavy atom. The molecule has 2 aromatic rings. The third-order valence-corrected chi connectivity index (χ3v) is 3.80. The van der Waals surface area contributed by atoms with Crippen molar-refractivity contribution in [2.45, 2.75) is 25.4 Å². The first-order chi connectivity index (χ1) is 9.36. The molecule has 0 radical (unpaired) electrons. The van der Waals surface area contributed by atoms with Gasteiger partial charge in [0.15, 0.2) is 0 Å². The first-order valence-electron chi connectivity index (χ1n) is 6.91. The summed E-state index contributed by atoms with van der Waals surface area (Å²) in [6.45, 7) is 2.79. The number of hydrogen-bond acceptors (Lipinski definition) is 3. The number of nitrogens with two attached hydrogens (primary N) is 1. The van der Waals surface area contributed by atoms with Crippen molar-refractivity contribution in [2.75, 3.05) is 13.1 Å². The van der Waals surface area contributed by atoms with Gasteiger partial charge in [-0.2, -0.15) is 5.10 Å². The van der Waals surface area contributed by atoms with Crippen LogP contribution in [0.4, 0.5) is 0 Å². The molecule has 1 saturated heterocycles. The lowest BCUT2D eigenvalue weighted by Crippen LogP contribution is -2.34. The van der Waals surface area contributed by atoms with Crippen LogP contribution in [0.1, 0.15) is 18.5 Å². The number of benzene rings is 1. The van der Waals surface area contributed by atoms with E-state index in [0.717, 1.165) is 31.0 Å². The molecule has 0 saturated carbocycles. The van der Waals surface area contributed by atoms with Crippen LogP contribution in [-0.2, 0) is 6.54 Å². The van der Waals surface area contributed by atoms with E-state index in [1.54, 1.807) is 0 Å². The number of hydrogen-bond donors (Lipinski definition) is 1. The lowest BCUT2D eigenvalue weighted by atomic mass is 10.2. The van der Waals surface area contributed by atoms with E-state index in [1.165, 1.54) is 12.8 Å². The highest BCUT2D eigenvalue weighted by molar-refractivity contribution is 5.30.